The van der Waals surface area contributed by atoms with Gasteiger partial charge in [-0.15, -0.1) is 0 Å². The molecule has 0 amide bonds. The molecule has 2 heterocycles. The van der Waals surface area contributed by atoms with E-state index in [4.69, 9.17) is 21.1 Å². The molecule has 4 rings (SSSR count). The van der Waals surface area contributed by atoms with Crippen molar-refractivity contribution in [3.63, 3.8) is 0 Å². The van der Waals surface area contributed by atoms with Crippen LogP contribution in [0.3, 0.4) is 0 Å². The highest BCUT2D eigenvalue weighted by Crippen LogP contribution is 2.35. The molecule has 2 aliphatic heterocycles. The van der Waals surface area contributed by atoms with E-state index in [9.17, 15) is 20.4 Å². The molecule has 0 aromatic heterocycles. The van der Waals surface area contributed by atoms with Crippen molar-refractivity contribution in [1.82, 2.24) is 0 Å². The lowest BCUT2D eigenvalue weighted by Gasteiger charge is -2.40. The molecule has 0 bridgehead atoms. The van der Waals surface area contributed by atoms with Crippen LogP contribution < -0.4 is 0 Å². The van der Waals surface area contributed by atoms with Crippen LogP contribution in [0.1, 0.15) is 54.2 Å². The van der Waals surface area contributed by atoms with E-state index in [0.29, 0.717) is 23.1 Å². The predicted molar refractivity (Wildman–Crippen MR) is 116 cm³/mol. The number of aliphatic hydroxyl groups excluding tert-OH is 4. The smallest absolute Gasteiger partial charge is 0.113 e. The molecule has 2 unspecified atom stereocenters. The minimum atomic E-state index is -1.41. The van der Waals surface area contributed by atoms with E-state index in [2.05, 4.69) is 31.2 Å². The summed E-state index contributed by atoms with van der Waals surface area (Å²) in [5.41, 5.74) is 3.74. The molecule has 31 heavy (non-hydrogen) atoms. The zero-order valence-corrected chi connectivity index (χ0v) is 18.2. The first-order chi connectivity index (χ1) is 14.9. The Morgan fingerprint density at radius 2 is 1.61 bits per heavy atom. The van der Waals surface area contributed by atoms with E-state index in [1.54, 1.807) is 12.1 Å². The standard InChI is InChI=1S/C24H29ClO6/c1-13-2-9-19(30-13)15-5-3-14(4-6-15)10-17-11-16(7-8-18(17)25)24-23(29)22(28)21(27)20(12-26)31-24/h3-8,11,13,19-24,26-29H,2,9-10,12H2,1H3/t13?,19?,20-,21-,22+,23-,24+/m1/s1. The van der Waals surface area contributed by atoms with Crippen molar-refractivity contribution in [2.24, 2.45) is 0 Å². The summed E-state index contributed by atoms with van der Waals surface area (Å²) in [5.74, 6) is 0. The molecule has 7 atom stereocenters. The monoisotopic (exact) mass is 448 g/mol. The Labute approximate surface area is 187 Å². The van der Waals surface area contributed by atoms with E-state index < -0.39 is 37.1 Å². The average molecular weight is 449 g/mol. The van der Waals surface area contributed by atoms with Gasteiger partial charge in [-0.05, 0) is 54.5 Å². The average Bonchev–Trinajstić information content (AvgIpc) is 3.21. The first-order valence-electron chi connectivity index (χ1n) is 10.7. The molecule has 7 heteroatoms. The summed E-state index contributed by atoms with van der Waals surface area (Å²) in [5, 5.41) is 40.5. The van der Waals surface area contributed by atoms with Gasteiger partial charge < -0.3 is 29.9 Å². The van der Waals surface area contributed by atoms with Crippen LogP contribution >= 0.6 is 11.6 Å². The SMILES string of the molecule is CC1CCC(c2ccc(Cc3cc([C@@H]4O[C@H](CO)[C@@H](O)[C@H](O)[C@H]4O)ccc3Cl)cc2)O1. The van der Waals surface area contributed by atoms with Gasteiger partial charge in [-0.1, -0.05) is 48.0 Å². The number of hydrogen-bond donors (Lipinski definition) is 4. The Morgan fingerprint density at radius 3 is 2.26 bits per heavy atom. The third-order valence-corrected chi connectivity index (χ3v) is 6.64. The van der Waals surface area contributed by atoms with Crippen LogP contribution in [-0.4, -0.2) is 57.6 Å². The van der Waals surface area contributed by atoms with Crippen LogP contribution in [0.2, 0.25) is 5.02 Å². The molecule has 2 saturated heterocycles. The highest BCUT2D eigenvalue weighted by Gasteiger charge is 2.44. The summed E-state index contributed by atoms with van der Waals surface area (Å²) in [4.78, 5) is 0. The fourth-order valence-corrected chi connectivity index (χ4v) is 4.59. The second-order valence-corrected chi connectivity index (χ2v) is 8.94. The van der Waals surface area contributed by atoms with Crippen LogP contribution in [0.5, 0.6) is 0 Å². The molecule has 6 nitrogen and oxygen atoms in total. The highest BCUT2D eigenvalue weighted by molar-refractivity contribution is 6.31. The summed E-state index contributed by atoms with van der Waals surface area (Å²) in [6.45, 7) is 1.64. The zero-order valence-electron chi connectivity index (χ0n) is 17.4. The summed E-state index contributed by atoms with van der Waals surface area (Å²) >= 11 is 6.43. The van der Waals surface area contributed by atoms with Gasteiger partial charge in [-0.3, -0.25) is 0 Å². The molecule has 168 valence electrons. The van der Waals surface area contributed by atoms with Gasteiger partial charge in [0.15, 0.2) is 0 Å². The maximum atomic E-state index is 10.4. The van der Waals surface area contributed by atoms with Crippen molar-refractivity contribution in [1.29, 1.82) is 0 Å². The minimum Gasteiger partial charge on any atom is -0.394 e. The van der Waals surface area contributed by atoms with Crippen LogP contribution in [0, 0.1) is 0 Å². The number of ether oxygens (including phenoxy) is 2. The summed E-state index contributed by atoms with van der Waals surface area (Å²) in [6.07, 6.45) is -2.79. The second kappa shape index (κ2) is 9.55. The van der Waals surface area contributed by atoms with Crippen LogP contribution in [0.25, 0.3) is 0 Å². The van der Waals surface area contributed by atoms with Crippen LogP contribution in [-0.2, 0) is 15.9 Å². The number of halogens is 1. The van der Waals surface area contributed by atoms with E-state index >= 15 is 0 Å². The lowest BCUT2D eigenvalue weighted by atomic mass is 9.90. The van der Waals surface area contributed by atoms with E-state index in [0.717, 1.165) is 24.0 Å². The molecule has 2 aromatic rings. The summed E-state index contributed by atoms with van der Waals surface area (Å²) in [6, 6.07) is 13.6. The largest absolute Gasteiger partial charge is 0.394 e. The first-order valence-corrected chi connectivity index (χ1v) is 11.1. The van der Waals surface area contributed by atoms with Gasteiger partial charge in [0.25, 0.3) is 0 Å². The van der Waals surface area contributed by atoms with Gasteiger partial charge in [0.2, 0.25) is 0 Å². The van der Waals surface area contributed by atoms with E-state index in [1.165, 1.54) is 5.56 Å². The topological polar surface area (TPSA) is 99.4 Å². The molecule has 0 saturated carbocycles. The van der Waals surface area contributed by atoms with Gasteiger partial charge in [0, 0.05) is 5.02 Å². The van der Waals surface area contributed by atoms with Crippen molar-refractivity contribution in [3.8, 4) is 0 Å². The van der Waals surface area contributed by atoms with Crippen LogP contribution in [0.15, 0.2) is 42.5 Å². The fraction of sp³-hybridized carbons (Fsp3) is 0.500. The lowest BCUT2D eigenvalue weighted by molar-refractivity contribution is -0.231. The maximum Gasteiger partial charge on any atom is 0.113 e. The van der Waals surface area contributed by atoms with Crippen LogP contribution in [0.4, 0.5) is 0 Å². The van der Waals surface area contributed by atoms with Crippen molar-refractivity contribution < 1.29 is 29.9 Å². The molecule has 0 spiro atoms. The van der Waals surface area contributed by atoms with E-state index in [1.807, 2.05) is 6.07 Å². The zero-order chi connectivity index (χ0) is 22.1. The molecule has 0 radical (unpaired) electrons. The van der Waals surface area contributed by atoms with Crippen molar-refractivity contribution in [2.75, 3.05) is 6.61 Å². The van der Waals surface area contributed by atoms with Gasteiger partial charge in [-0.25, -0.2) is 0 Å². The van der Waals surface area contributed by atoms with Gasteiger partial charge >= 0.3 is 0 Å². The Bertz CT molecular complexity index is 886. The normalized spacial score (nSPS) is 33.5. The Kier molecular flexibility index (Phi) is 6.98. The number of hydrogen-bond acceptors (Lipinski definition) is 6. The molecule has 2 fully saturated rings. The van der Waals surface area contributed by atoms with Gasteiger partial charge in [0.05, 0.1) is 18.8 Å². The number of aliphatic hydroxyl groups is 4. The molecular weight excluding hydrogens is 420 g/mol. The Morgan fingerprint density at radius 1 is 0.903 bits per heavy atom. The first kappa shape index (κ1) is 22.7. The molecule has 2 aliphatic rings. The number of benzene rings is 2. The molecule has 4 N–H and O–H groups in total. The Balaban J connectivity index is 1.52. The van der Waals surface area contributed by atoms with Crippen molar-refractivity contribution >= 4 is 11.6 Å². The third kappa shape index (κ3) is 4.81. The lowest BCUT2D eigenvalue weighted by Crippen LogP contribution is -2.55. The predicted octanol–water partition coefficient (Wildman–Crippen LogP) is 2.69. The molecule has 0 aliphatic carbocycles. The van der Waals surface area contributed by atoms with E-state index in [-0.39, 0.29) is 6.10 Å². The Hall–Kier alpha value is -1.51. The summed E-state index contributed by atoms with van der Waals surface area (Å²) < 4.78 is 11.6. The fourth-order valence-electron chi connectivity index (χ4n) is 4.40. The third-order valence-electron chi connectivity index (χ3n) is 6.27. The van der Waals surface area contributed by atoms with Crippen molar-refractivity contribution in [2.45, 2.75) is 68.9 Å². The highest BCUT2D eigenvalue weighted by atomic mass is 35.5. The minimum absolute atomic E-state index is 0.155. The number of rotatable bonds is 5. The molecular formula is C24H29ClO6. The summed E-state index contributed by atoms with van der Waals surface area (Å²) in [7, 11) is 0. The quantitative estimate of drug-likeness (QED) is 0.561. The second-order valence-electron chi connectivity index (χ2n) is 8.53. The maximum absolute atomic E-state index is 10.4. The van der Waals surface area contributed by atoms with Gasteiger partial charge in [-0.2, -0.15) is 0 Å². The molecule has 2 aromatic carbocycles. The van der Waals surface area contributed by atoms with Gasteiger partial charge in [0.1, 0.15) is 30.5 Å². The van der Waals surface area contributed by atoms with Crippen molar-refractivity contribution in [3.05, 3.63) is 69.7 Å².